The van der Waals surface area contributed by atoms with Gasteiger partial charge in [-0.15, -0.1) is 0 Å². The second kappa shape index (κ2) is 8.20. The summed E-state index contributed by atoms with van der Waals surface area (Å²) in [6.07, 6.45) is 3.06. The van der Waals surface area contributed by atoms with Gasteiger partial charge in [0, 0.05) is 40.6 Å². The number of nitrogens with zero attached hydrogens (tertiary/aromatic N) is 2. The number of rotatable bonds is 6. The first-order valence-electron chi connectivity index (χ1n) is 8.77. The second-order valence-electron chi connectivity index (χ2n) is 6.35. The van der Waals surface area contributed by atoms with Gasteiger partial charge < -0.3 is 4.74 Å². The third kappa shape index (κ3) is 4.13. The number of Topliss-reactive ketones (excluding diaryl/α,β-unsaturated/α-hetero) is 1. The van der Waals surface area contributed by atoms with Gasteiger partial charge in [0.15, 0.2) is 5.78 Å². The molecule has 146 valence electrons. The lowest BCUT2D eigenvalue weighted by Gasteiger charge is -2.15. The van der Waals surface area contributed by atoms with E-state index in [0.717, 1.165) is 6.07 Å². The molecule has 7 heteroatoms. The van der Waals surface area contributed by atoms with Crippen molar-refractivity contribution in [3.8, 4) is 22.3 Å². The van der Waals surface area contributed by atoms with Crippen LogP contribution in [0.5, 0.6) is 0 Å². The third-order valence-corrected chi connectivity index (χ3v) is 4.54. The summed E-state index contributed by atoms with van der Waals surface area (Å²) in [5, 5.41) is 4.64. The third-order valence-electron chi connectivity index (χ3n) is 4.33. The molecule has 3 rings (SSSR count). The smallest absolute Gasteiger partial charge is 0.160 e. The summed E-state index contributed by atoms with van der Waals surface area (Å²) in [7, 11) is 0. The molecule has 0 N–H and O–H groups in total. The molecule has 0 aliphatic carbocycles. The lowest BCUT2D eigenvalue weighted by atomic mass is 9.90. The standard InChI is InChI=1S/C21H19ClF2N2O2/c1-4-28-13(3)26-11-15(10-25-26)20-8-16(22)7-19(12(2)27)21(20)14-5-17(23)9-18(24)6-14/h5-11,13H,4H2,1-3H3. The number of halogens is 3. The molecule has 1 unspecified atom stereocenters. The number of hydrogen-bond donors (Lipinski definition) is 0. The molecule has 28 heavy (non-hydrogen) atoms. The van der Waals surface area contributed by atoms with Crippen molar-refractivity contribution in [1.82, 2.24) is 9.78 Å². The van der Waals surface area contributed by atoms with Crippen molar-refractivity contribution in [3.63, 3.8) is 0 Å². The predicted octanol–water partition coefficient (Wildman–Crippen LogP) is 5.91. The normalized spacial score (nSPS) is 12.2. The fraction of sp³-hybridized carbons (Fsp3) is 0.238. The Morgan fingerprint density at radius 3 is 2.46 bits per heavy atom. The number of carbonyl (C=O) groups is 1. The highest BCUT2D eigenvalue weighted by Crippen LogP contribution is 2.38. The molecule has 0 aliphatic heterocycles. The van der Waals surface area contributed by atoms with Gasteiger partial charge in [-0.3, -0.25) is 4.79 Å². The summed E-state index contributed by atoms with van der Waals surface area (Å²) < 4.78 is 34.9. The number of ether oxygens (including phenoxy) is 1. The Morgan fingerprint density at radius 1 is 1.18 bits per heavy atom. The molecule has 1 aromatic heterocycles. The van der Waals surface area contributed by atoms with E-state index >= 15 is 0 Å². The maximum atomic E-state index is 13.9. The van der Waals surface area contributed by atoms with Gasteiger partial charge in [-0.05, 0) is 56.2 Å². The van der Waals surface area contributed by atoms with Crippen LogP contribution in [0.1, 0.15) is 37.4 Å². The minimum Gasteiger partial charge on any atom is -0.357 e. The molecule has 1 atom stereocenters. The summed E-state index contributed by atoms with van der Waals surface area (Å²) in [5.41, 5.74) is 2.13. The van der Waals surface area contributed by atoms with Crippen molar-refractivity contribution in [2.45, 2.75) is 27.0 Å². The number of benzene rings is 2. The van der Waals surface area contributed by atoms with Crippen LogP contribution in [0.4, 0.5) is 8.78 Å². The minimum atomic E-state index is -0.730. The van der Waals surface area contributed by atoms with Crippen molar-refractivity contribution in [2.75, 3.05) is 6.61 Å². The summed E-state index contributed by atoms with van der Waals surface area (Å²) in [4.78, 5) is 12.3. The Balaban J connectivity index is 2.25. The van der Waals surface area contributed by atoms with Crippen LogP contribution < -0.4 is 0 Å². The summed E-state index contributed by atoms with van der Waals surface area (Å²) in [5.74, 6) is -1.73. The first-order chi connectivity index (χ1) is 13.3. The van der Waals surface area contributed by atoms with Crippen molar-refractivity contribution < 1.29 is 18.3 Å². The molecular formula is C21H19ClF2N2O2. The number of ketones is 1. The van der Waals surface area contributed by atoms with Gasteiger partial charge >= 0.3 is 0 Å². The van der Waals surface area contributed by atoms with E-state index in [-0.39, 0.29) is 23.1 Å². The molecule has 0 saturated heterocycles. The molecule has 0 bridgehead atoms. The Labute approximate surface area is 166 Å². The number of hydrogen-bond acceptors (Lipinski definition) is 3. The van der Waals surface area contributed by atoms with Gasteiger partial charge in [0.05, 0.1) is 6.20 Å². The molecule has 4 nitrogen and oxygen atoms in total. The van der Waals surface area contributed by atoms with Crippen LogP contribution in [0.2, 0.25) is 5.02 Å². The maximum Gasteiger partial charge on any atom is 0.160 e. The number of aromatic nitrogens is 2. The Morgan fingerprint density at radius 2 is 1.86 bits per heavy atom. The van der Waals surface area contributed by atoms with Gasteiger partial charge in [-0.1, -0.05) is 11.6 Å². The van der Waals surface area contributed by atoms with E-state index in [2.05, 4.69) is 5.10 Å². The van der Waals surface area contributed by atoms with Crippen LogP contribution in [0, 0.1) is 11.6 Å². The van der Waals surface area contributed by atoms with E-state index in [9.17, 15) is 13.6 Å². The van der Waals surface area contributed by atoms with Crippen LogP contribution in [-0.2, 0) is 4.74 Å². The molecule has 0 saturated carbocycles. The van der Waals surface area contributed by atoms with E-state index in [1.807, 2.05) is 13.8 Å². The molecule has 0 aliphatic rings. The van der Waals surface area contributed by atoms with Crippen molar-refractivity contribution in [3.05, 3.63) is 64.9 Å². The fourth-order valence-corrected chi connectivity index (χ4v) is 3.33. The molecule has 0 amide bonds. The second-order valence-corrected chi connectivity index (χ2v) is 6.79. The molecule has 0 fully saturated rings. The highest BCUT2D eigenvalue weighted by molar-refractivity contribution is 6.31. The highest BCUT2D eigenvalue weighted by atomic mass is 35.5. The molecule has 0 radical (unpaired) electrons. The van der Waals surface area contributed by atoms with E-state index in [1.54, 1.807) is 23.1 Å². The largest absolute Gasteiger partial charge is 0.357 e. The monoisotopic (exact) mass is 404 g/mol. The fourth-order valence-electron chi connectivity index (χ4n) is 3.11. The van der Waals surface area contributed by atoms with Crippen molar-refractivity contribution in [2.24, 2.45) is 0 Å². The number of carbonyl (C=O) groups excluding carboxylic acids is 1. The lowest BCUT2D eigenvalue weighted by molar-refractivity contribution is 0.0160. The lowest BCUT2D eigenvalue weighted by Crippen LogP contribution is -2.09. The van der Waals surface area contributed by atoms with Crippen molar-refractivity contribution >= 4 is 17.4 Å². The zero-order valence-electron chi connectivity index (χ0n) is 15.7. The van der Waals surface area contributed by atoms with E-state index in [0.29, 0.717) is 28.3 Å². The molecule has 0 spiro atoms. The van der Waals surface area contributed by atoms with Gasteiger partial charge in [0.2, 0.25) is 0 Å². The van der Waals surface area contributed by atoms with Gasteiger partial charge in [0.1, 0.15) is 17.9 Å². The highest BCUT2D eigenvalue weighted by Gasteiger charge is 2.20. The topological polar surface area (TPSA) is 44.1 Å². The van der Waals surface area contributed by atoms with Crippen molar-refractivity contribution in [1.29, 1.82) is 0 Å². The molecular weight excluding hydrogens is 386 g/mol. The zero-order valence-corrected chi connectivity index (χ0v) is 16.4. The van der Waals surface area contributed by atoms with Crippen LogP contribution in [0.15, 0.2) is 42.7 Å². The van der Waals surface area contributed by atoms with E-state index in [4.69, 9.17) is 16.3 Å². The Kier molecular flexibility index (Phi) is 5.91. The molecule has 2 aromatic carbocycles. The average Bonchev–Trinajstić information content (AvgIpc) is 3.10. The Hall–Kier alpha value is -2.57. The van der Waals surface area contributed by atoms with Gasteiger partial charge in [0.25, 0.3) is 0 Å². The maximum absolute atomic E-state index is 13.9. The van der Waals surface area contributed by atoms with E-state index < -0.39 is 11.6 Å². The Bertz CT molecular complexity index is 1010. The van der Waals surface area contributed by atoms with E-state index in [1.165, 1.54) is 25.1 Å². The SMILES string of the molecule is CCOC(C)n1cc(-c2cc(Cl)cc(C(C)=O)c2-c2cc(F)cc(F)c2)cn1. The van der Waals surface area contributed by atoms with Crippen LogP contribution in [0.3, 0.4) is 0 Å². The first kappa shape index (κ1) is 20.2. The quantitative estimate of drug-likeness (QED) is 0.480. The molecule has 1 heterocycles. The summed E-state index contributed by atoms with van der Waals surface area (Å²) in [6, 6.07) is 6.32. The first-order valence-corrected chi connectivity index (χ1v) is 9.15. The predicted molar refractivity (Wildman–Crippen MR) is 104 cm³/mol. The average molecular weight is 405 g/mol. The summed E-state index contributed by atoms with van der Waals surface area (Å²) >= 11 is 6.23. The summed E-state index contributed by atoms with van der Waals surface area (Å²) in [6.45, 7) is 5.64. The van der Waals surface area contributed by atoms with Crippen LogP contribution in [-0.4, -0.2) is 22.2 Å². The van der Waals surface area contributed by atoms with Gasteiger partial charge in [-0.25, -0.2) is 13.5 Å². The van der Waals surface area contributed by atoms with Crippen LogP contribution in [0.25, 0.3) is 22.3 Å². The zero-order chi connectivity index (χ0) is 20.4. The molecule has 3 aromatic rings. The van der Waals surface area contributed by atoms with Crippen LogP contribution >= 0.6 is 11.6 Å². The van der Waals surface area contributed by atoms with Gasteiger partial charge in [-0.2, -0.15) is 5.10 Å². The minimum absolute atomic E-state index is 0.250.